The highest BCUT2D eigenvalue weighted by atomic mass is 33.5. The molecule has 0 spiro atoms. The highest BCUT2D eigenvalue weighted by Gasteiger charge is 2.28. The summed E-state index contributed by atoms with van der Waals surface area (Å²) < 4.78 is 0. The van der Waals surface area contributed by atoms with Crippen molar-refractivity contribution in [2.24, 2.45) is 0 Å². The fourth-order valence-electron chi connectivity index (χ4n) is 1.77. The summed E-state index contributed by atoms with van der Waals surface area (Å²) in [5.74, 6) is 0. The average Bonchev–Trinajstić information content (AvgIpc) is 2.57. The average molecular weight is 328 g/mol. The first-order valence-electron chi connectivity index (χ1n) is 6.68. The van der Waals surface area contributed by atoms with Crippen molar-refractivity contribution in [2.75, 3.05) is 0 Å². The van der Waals surface area contributed by atoms with Crippen molar-refractivity contribution in [3.8, 4) is 0 Å². The van der Waals surface area contributed by atoms with Gasteiger partial charge in [-0.3, -0.25) is 0 Å². The second-order valence-electron chi connectivity index (χ2n) is 4.34. The lowest BCUT2D eigenvalue weighted by atomic mass is 10.4. The van der Waals surface area contributed by atoms with Gasteiger partial charge in [-0.05, 0) is 36.4 Å². The van der Waals surface area contributed by atoms with Gasteiger partial charge in [0.1, 0.15) is 21.6 Å². The zero-order chi connectivity index (χ0) is 14.3. The second-order valence-corrected chi connectivity index (χ2v) is 10.2. The Kier molecular flexibility index (Phi) is 5.33. The Labute approximate surface area is 136 Å². The summed E-state index contributed by atoms with van der Waals surface area (Å²) in [5, 5.41) is 0. The van der Waals surface area contributed by atoms with E-state index in [2.05, 4.69) is 91.0 Å². The van der Waals surface area contributed by atoms with Crippen LogP contribution in [-0.2, 0) is 8.96 Å². The molecule has 3 aromatic carbocycles. The number of hydrogen-bond donors (Lipinski definition) is 0. The molecule has 0 saturated heterocycles. The van der Waals surface area contributed by atoms with Gasteiger partial charge < -0.3 is 0 Å². The first-order chi connectivity index (χ1) is 10.4. The van der Waals surface area contributed by atoms with Crippen molar-refractivity contribution in [1.29, 1.82) is 0 Å². The van der Waals surface area contributed by atoms with Gasteiger partial charge in [0, 0.05) is 0 Å². The fourth-order valence-corrected chi connectivity index (χ4v) is 8.05. The molecule has 0 aromatic heterocycles. The molecule has 0 atom stereocenters. The molecule has 3 heteroatoms. The summed E-state index contributed by atoms with van der Waals surface area (Å²) in [6.07, 6.45) is 0. The summed E-state index contributed by atoms with van der Waals surface area (Å²) in [7, 11) is 3.90. The molecule has 0 N–H and O–H groups in total. The van der Waals surface area contributed by atoms with Crippen LogP contribution in [0.2, 0.25) is 0 Å². The van der Waals surface area contributed by atoms with E-state index < -0.39 is 0 Å². The minimum atomic E-state index is 0.0435. The van der Waals surface area contributed by atoms with Crippen LogP contribution in [0, 0.1) is 0 Å². The van der Waals surface area contributed by atoms with Gasteiger partial charge in [0.05, 0.1) is 9.79 Å². The molecular formula is C18H15S3+. The van der Waals surface area contributed by atoms with Gasteiger partial charge in [-0.25, -0.2) is 0 Å². The molecular weight excluding hydrogens is 312 g/mol. The van der Waals surface area contributed by atoms with Gasteiger partial charge in [0.2, 0.25) is 0 Å². The van der Waals surface area contributed by atoms with Gasteiger partial charge in [-0.1, -0.05) is 54.6 Å². The van der Waals surface area contributed by atoms with Crippen LogP contribution in [0.3, 0.4) is 0 Å². The lowest BCUT2D eigenvalue weighted by molar-refractivity contribution is 1.46. The SMILES string of the molecule is c1ccc(S[S+](Sc2ccccc2)c2ccccc2)cc1. The number of benzene rings is 3. The topological polar surface area (TPSA) is 0 Å². The molecule has 21 heavy (non-hydrogen) atoms. The van der Waals surface area contributed by atoms with Gasteiger partial charge in [-0.2, -0.15) is 0 Å². The molecule has 0 heterocycles. The maximum Gasteiger partial charge on any atom is 0.182 e. The minimum Gasteiger partial charge on any atom is -0.0622 e. The fraction of sp³-hybridized carbons (Fsp3) is 0. The van der Waals surface area contributed by atoms with E-state index in [4.69, 9.17) is 0 Å². The molecule has 0 nitrogen and oxygen atoms in total. The van der Waals surface area contributed by atoms with Crippen LogP contribution in [-0.4, -0.2) is 0 Å². The normalized spacial score (nSPS) is 10.7. The van der Waals surface area contributed by atoms with E-state index in [1.807, 2.05) is 21.6 Å². The molecule has 0 radical (unpaired) electrons. The third-order valence-electron chi connectivity index (χ3n) is 2.77. The van der Waals surface area contributed by atoms with E-state index in [0.29, 0.717) is 0 Å². The Morgan fingerprint density at radius 3 is 1.29 bits per heavy atom. The number of hydrogen-bond acceptors (Lipinski definition) is 2. The van der Waals surface area contributed by atoms with E-state index >= 15 is 0 Å². The zero-order valence-corrected chi connectivity index (χ0v) is 13.8. The Morgan fingerprint density at radius 1 is 0.476 bits per heavy atom. The third kappa shape index (κ3) is 4.34. The maximum atomic E-state index is 2.22. The molecule has 3 aromatic rings. The highest BCUT2D eigenvalue weighted by molar-refractivity contribution is 9.06. The maximum absolute atomic E-state index is 2.22. The lowest BCUT2D eigenvalue weighted by Crippen LogP contribution is -1.91. The lowest BCUT2D eigenvalue weighted by Gasteiger charge is -2.04. The molecule has 0 aliphatic rings. The van der Waals surface area contributed by atoms with Crippen LogP contribution in [0.15, 0.2) is 106 Å². The van der Waals surface area contributed by atoms with E-state index in [0.717, 1.165) is 0 Å². The van der Waals surface area contributed by atoms with Crippen LogP contribution in [0.1, 0.15) is 0 Å². The smallest absolute Gasteiger partial charge is 0.0622 e. The minimum absolute atomic E-state index is 0.0435. The third-order valence-corrected chi connectivity index (χ3v) is 9.10. The Hall–Kier alpha value is -1.29. The molecule has 0 aliphatic heterocycles. The second kappa shape index (κ2) is 7.64. The Balaban J connectivity index is 1.84. The summed E-state index contributed by atoms with van der Waals surface area (Å²) in [4.78, 5) is 4.00. The van der Waals surface area contributed by atoms with Crippen LogP contribution < -0.4 is 0 Å². The number of rotatable bonds is 5. The summed E-state index contributed by atoms with van der Waals surface area (Å²) in [6.45, 7) is 0. The monoisotopic (exact) mass is 327 g/mol. The van der Waals surface area contributed by atoms with Crippen molar-refractivity contribution in [2.45, 2.75) is 14.7 Å². The summed E-state index contributed by atoms with van der Waals surface area (Å²) >= 11 is 0. The van der Waals surface area contributed by atoms with Gasteiger partial charge in [0.25, 0.3) is 0 Å². The van der Waals surface area contributed by atoms with E-state index in [9.17, 15) is 0 Å². The predicted octanol–water partition coefficient (Wildman–Crippen LogP) is 6.08. The van der Waals surface area contributed by atoms with Crippen LogP contribution in [0.25, 0.3) is 0 Å². The summed E-state index contributed by atoms with van der Waals surface area (Å²) in [5.41, 5.74) is 0. The van der Waals surface area contributed by atoms with Crippen LogP contribution in [0.4, 0.5) is 0 Å². The first-order valence-corrected chi connectivity index (χ1v) is 10.6. The molecule has 0 fully saturated rings. The van der Waals surface area contributed by atoms with Crippen LogP contribution >= 0.6 is 21.6 Å². The zero-order valence-electron chi connectivity index (χ0n) is 11.4. The molecule has 0 aliphatic carbocycles. The quantitative estimate of drug-likeness (QED) is 0.411. The molecule has 3 rings (SSSR count). The molecule has 0 amide bonds. The van der Waals surface area contributed by atoms with E-state index in [-0.39, 0.29) is 8.96 Å². The molecule has 0 bridgehead atoms. The largest absolute Gasteiger partial charge is 0.182 e. The molecule has 0 unspecified atom stereocenters. The van der Waals surface area contributed by atoms with Crippen molar-refractivity contribution in [3.05, 3.63) is 91.0 Å². The van der Waals surface area contributed by atoms with Gasteiger partial charge >= 0.3 is 0 Å². The van der Waals surface area contributed by atoms with Crippen LogP contribution in [0.5, 0.6) is 0 Å². The predicted molar refractivity (Wildman–Crippen MR) is 96.7 cm³/mol. The first kappa shape index (κ1) is 14.6. The van der Waals surface area contributed by atoms with Crippen molar-refractivity contribution in [3.63, 3.8) is 0 Å². The van der Waals surface area contributed by atoms with Gasteiger partial charge in [-0.15, -0.1) is 0 Å². The Bertz CT molecular complexity index is 612. The van der Waals surface area contributed by atoms with E-state index in [1.165, 1.54) is 14.7 Å². The van der Waals surface area contributed by atoms with Gasteiger partial charge in [0.15, 0.2) is 13.9 Å². The molecule has 104 valence electrons. The highest BCUT2D eigenvalue weighted by Crippen LogP contribution is 2.44. The molecule has 0 saturated carbocycles. The van der Waals surface area contributed by atoms with E-state index in [1.54, 1.807) is 0 Å². The Morgan fingerprint density at radius 2 is 0.857 bits per heavy atom. The van der Waals surface area contributed by atoms with Crippen molar-refractivity contribution >= 4 is 30.5 Å². The summed E-state index contributed by atoms with van der Waals surface area (Å²) in [6, 6.07) is 32.0. The standard InChI is InChI=1S/C18H15S3/c1-4-10-16(11-5-1)19-21(18-14-8-3-9-15-18)20-17-12-6-2-7-13-17/h1-15H/q+1. The van der Waals surface area contributed by atoms with Crippen molar-refractivity contribution in [1.82, 2.24) is 0 Å². The van der Waals surface area contributed by atoms with Crippen molar-refractivity contribution < 1.29 is 0 Å².